The van der Waals surface area contributed by atoms with Crippen LogP contribution in [0.3, 0.4) is 0 Å². The standard InChI is InChI=1S/C25H22N2O6/c1-25(2,24(30)31)23-20(27-23)21(29)16-9-7-13-5-3-4-6-15(13)22(16)32-12-19-26-17-11-14(28)8-10-18(17)33-19/h3-11,20,23,27-28H,12H2,1-2H3,(H,30,31). The van der Waals surface area contributed by atoms with Crippen LogP contribution < -0.4 is 10.1 Å². The number of nitrogens with one attached hydrogen (secondary N) is 1. The average Bonchev–Trinajstić information content (AvgIpc) is 3.51. The molecule has 1 aromatic heterocycles. The van der Waals surface area contributed by atoms with Gasteiger partial charge in [0, 0.05) is 17.5 Å². The number of nitrogens with zero attached hydrogens (tertiary/aromatic N) is 1. The van der Waals surface area contributed by atoms with Gasteiger partial charge in [-0.3, -0.25) is 14.9 Å². The van der Waals surface area contributed by atoms with Gasteiger partial charge in [0.15, 0.2) is 18.0 Å². The van der Waals surface area contributed by atoms with Crippen molar-refractivity contribution in [3.05, 3.63) is 66.1 Å². The Morgan fingerprint density at radius 1 is 1.15 bits per heavy atom. The Labute approximate surface area is 188 Å². The summed E-state index contributed by atoms with van der Waals surface area (Å²) in [4.78, 5) is 29.3. The van der Waals surface area contributed by atoms with Crippen molar-refractivity contribution in [2.75, 3.05) is 0 Å². The Morgan fingerprint density at radius 3 is 2.73 bits per heavy atom. The van der Waals surface area contributed by atoms with Crippen molar-refractivity contribution in [1.29, 1.82) is 0 Å². The van der Waals surface area contributed by atoms with Crippen LogP contribution in [0, 0.1) is 5.41 Å². The minimum absolute atomic E-state index is 0.0220. The number of phenolic OH excluding ortho intramolecular Hbond substituents is 1. The highest BCUT2D eigenvalue weighted by Gasteiger charge is 2.55. The quantitative estimate of drug-likeness (QED) is 0.288. The number of hydrogen-bond acceptors (Lipinski definition) is 7. The first kappa shape index (κ1) is 21.0. The van der Waals surface area contributed by atoms with E-state index in [9.17, 15) is 19.8 Å². The molecule has 0 amide bonds. The molecule has 168 valence electrons. The molecule has 2 unspecified atom stereocenters. The number of benzene rings is 3. The molecule has 2 heterocycles. The normalized spacial score (nSPS) is 17.9. The molecule has 1 saturated heterocycles. The molecule has 3 aromatic carbocycles. The molecule has 0 saturated carbocycles. The number of rotatable bonds is 7. The first-order valence-electron chi connectivity index (χ1n) is 10.5. The van der Waals surface area contributed by atoms with E-state index in [0.29, 0.717) is 28.3 Å². The van der Waals surface area contributed by atoms with Gasteiger partial charge in [-0.1, -0.05) is 30.3 Å². The highest BCUT2D eigenvalue weighted by Crippen LogP contribution is 2.38. The highest BCUT2D eigenvalue weighted by molar-refractivity contribution is 6.09. The number of ether oxygens (including phenoxy) is 1. The maximum Gasteiger partial charge on any atom is 0.310 e. The lowest BCUT2D eigenvalue weighted by atomic mass is 9.85. The number of phenols is 1. The van der Waals surface area contributed by atoms with Crippen LogP contribution in [0.2, 0.25) is 0 Å². The van der Waals surface area contributed by atoms with E-state index in [1.165, 1.54) is 12.1 Å². The molecule has 5 rings (SSSR count). The number of carbonyl (C=O) groups excluding carboxylic acids is 1. The molecule has 2 atom stereocenters. The molecule has 0 bridgehead atoms. The van der Waals surface area contributed by atoms with Crippen molar-refractivity contribution in [3.63, 3.8) is 0 Å². The highest BCUT2D eigenvalue weighted by atomic mass is 16.5. The summed E-state index contributed by atoms with van der Waals surface area (Å²) in [5, 5.41) is 23.8. The number of oxazole rings is 1. The second-order valence-electron chi connectivity index (χ2n) is 8.72. The van der Waals surface area contributed by atoms with E-state index in [0.717, 1.165) is 10.8 Å². The van der Waals surface area contributed by atoms with E-state index < -0.39 is 23.5 Å². The zero-order valence-corrected chi connectivity index (χ0v) is 18.0. The van der Waals surface area contributed by atoms with Gasteiger partial charge in [-0.25, -0.2) is 4.98 Å². The Kier molecular flexibility index (Phi) is 4.83. The summed E-state index contributed by atoms with van der Waals surface area (Å²) in [6, 6.07) is 14.7. The molecule has 33 heavy (non-hydrogen) atoms. The number of aromatic hydroxyl groups is 1. The average molecular weight is 446 g/mol. The number of fused-ring (bicyclic) bond motifs is 2. The molecule has 0 radical (unpaired) electrons. The summed E-state index contributed by atoms with van der Waals surface area (Å²) in [6.07, 6.45) is 0. The van der Waals surface area contributed by atoms with E-state index in [2.05, 4.69) is 10.3 Å². The van der Waals surface area contributed by atoms with E-state index >= 15 is 0 Å². The second-order valence-corrected chi connectivity index (χ2v) is 8.72. The third kappa shape index (κ3) is 3.68. The minimum atomic E-state index is -1.08. The molecule has 8 nitrogen and oxygen atoms in total. The molecule has 0 spiro atoms. The summed E-state index contributed by atoms with van der Waals surface area (Å²) in [5.41, 5.74) is 0.302. The minimum Gasteiger partial charge on any atom is -0.508 e. The third-order valence-electron chi connectivity index (χ3n) is 6.10. The molecule has 8 heteroatoms. The second kappa shape index (κ2) is 7.60. The number of carbonyl (C=O) groups is 2. The largest absolute Gasteiger partial charge is 0.508 e. The molecular formula is C25H22N2O6. The maximum absolute atomic E-state index is 13.3. The Balaban J connectivity index is 1.47. The monoisotopic (exact) mass is 446 g/mol. The molecule has 1 fully saturated rings. The van der Waals surface area contributed by atoms with Crippen molar-refractivity contribution >= 4 is 33.6 Å². The van der Waals surface area contributed by atoms with Crippen molar-refractivity contribution in [2.24, 2.45) is 5.41 Å². The number of carboxylic acids is 1. The van der Waals surface area contributed by atoms with Crippen molar-refractivity contribution < 1.29 is 29.0 Å². The molecule has 4 aromatic rings. The lowest BCUT2D eigenvalue weighted by Gasteiger charge is -2.17. The fourth-order valence-electron chi connectivity index (χ4n) is 4.04. The Bertz CT molecular complexity index is 1410. The van der Waals surface area contributed by atoms with Crippen LogP contribution in [-0.4, -0.2) is 39.0 Å². The molecular weight excluding hydrogens is 424 g/mol. The number of aromatic nitrogens is 1. The van der Waals surface area contributed by atoms with Crippen LogP contribution in [0.15, 0.2) is 59.0 Å². The summed E-state index contributed by atoms with van der Waals surface area (Å²) in [5.74, 6) is -0.411. The maximum atomic E-state index is 13.3. The smallest absolute Gasteiger partial charge is 0.310 e. The van der Waals surface area contributed by atoms with Gasteiger partial charge in [-0.15, -0.1) is 0 Å². The fourth-order valence-corrected chi connectivity index (χ4v) is 4.04. The summed E-state index contributed by atoms with van der Waals surface area (Å²) in [7, 11) is 0. The van der Waals surface area contributed by atoms with Crippen molar-refractivity contribution in [2.45, 2.75) is 32.5 Å². The van der Waals surface area contributed by atoms with Gasteiger partial charge in [0.05, 0.1) is 17.0 Å². The van der Waals surface area contributed by atoms with Gasteiger partial charge in [0.2, 0.25) is 5.89 Å². The van der Waals surface area contributed by atoms with Crippen LogP contribution in [-0.2, 0) is 11.4 Å². The topological polar surface area (TPSA) is 132 Å². The summed E-state index contributed by atoms with van der Waals surface area (Å²) >= 11 is 0. The first-order valence-corrected chi connectivity index (χ1v) is 10.5. The van der Waals surface area contributed by atoms with Crippen molar-refractivity contribution in [1.82, 2.24) is 10.3 Å². The first-order chi connectivity index (χ1) is 15.8. The van der Waals surface area contributed by atoms with Crippen LogP contribution in [0.25, 0.3) is 21.9 Å². The summed E-state index contributed by atoms with van der Waals surface area (Å²) in [6.45, 7) is 3.18. The van der Waals surface area contributed by atoms with E-state index in [4.69, 9.17) is 9.15 Å². The lowest BCUT2D eigenvalue weighted by molar-refractivity contribution is -0.146. The van der Waals surface area contributed by atoms with Gasteiger partial charge < -0.3 is 19.4 Å². The molecule has 1 aliphatic rings. The number of aliphatic carboxylic acids is 1. The molecule has 1 aliphatic heterocycles. The van der Waals surface area contributed by atoms with E-state index in [1.54, 1.807) is 26.0 Å². The predicted molar refractivity (Wildman–Crippen MR) is 120 cm³/mol. The van der Waals surface area contributed by atoms with Crippen LogP contribution in [0.1, 0.15) is 30.1 Å². The fraction of sp³-hybridized carbons (Fsp3) is 0.240. The molecule has 0 aliphatic carbocycles. The lowest BCUT2D eigenvalue weighted by Crippen LogP contribution is -2.33. The number of carboxylic acid groups (broad SMARTS) is 1. The van der Waals surface area contributed by atoms with E-state index in [-0.39, 0.29) is 18.1 Å². The zero-order valence-electron chi connectivity index (χ0n) is 18.0. The molecule has 3 N–H and O–H groups in total. The van der Waals surface area contributed by atoms with Crippen LogP contribution >= 0.6 is 0 Å². The van der Waals surface area contributed by atoms with Gasteiger partial charge in [-0.05, 0) is 37.4 Å². The van der Waals surface area contributed by atoms with E-state index in [1.807, 2.05) is 30.3 Å². The number of ketones is 1. The number of Topliss-reactive ketones (excluding diaryl/α,β-unsaturated/α-hetero) is 1. The Morgan fingerprint density at radius 2 is 1.94 bits per heavy atom. The number of hydrogen-bond donors (Lipinski definition) is 3. The van der Waals surface area contributed by atoms with Gasteiger partial charge in [-0.2, -0.15) is 0 Å². The van der Waals surface area contributed by atoms with Crippen molar-refractivity contribution in [3.8, 4) is 11.5 Å². The predicted octanol–water partition coefficient (Wildman–Crippen LogP) is 3.90. The SMILES string of the molecule is CC(C)(C(=O)O)C1NC1C(=O)c1ccc2ccccc2c1OCc1nc2cc(O)ccc2o1. The zero-order chi connectivity index (χ0) is 23.3. The van der Waals surface area contributed by atoms with Gasteiger partial charge in [0.1, 0.15) is 17.0 Å². The van der Waals surface area contributed by atoms with Crippen LogP contribution in [0.4, 0.5) is 0 Å². The van der Waals surface area contributed by atoms with Gasteiger partial charge in [0.25, 0.3) is 0 Å². The Hall–Kier alpha value is -3.91. The summed E-state index contributed by atoms with van der Waals surface area (Å²) < 4.78 is 11.8. The van der Waals surface area contributed by atoms with Crippen LogP contribution in [0.5, 0.6) is 11.5 Å². The van der Waals surface area contributed by atoms with Gasteiger partial charge >= 0.3 is 5.97 Å². The third-order valence-corrected chi connectivity index (χ3v) is 6.10.